The molecule has 1 aromatic carbocycles. The number of H-pyrrole nitrogens is 2. The van der Waals surface area contributed by atoms with Crippen LogP contribution in [0.25, 0.3) is 0 Å². The Balaban J connectivity index is 1.45. The Bertz CT molecular complexity index is 2620. The van der Waals surface area contributed by atoms with Crippen molar-refractivity contribution in [1.29, 1.82) is 0 Å². The van der Waals surface area contributed by atoms with Crippen molar-refractivity contribution in [3.05, 3.63) is 52.9 Å². The van der Waals surface area contributed by atoms with E-state index in [9.17, 15) is 69.0 Å². The molecule has 5 rings (SSSR count). The monoisotopic (exact) mass is 1150 g/mol. The van der Waals surface area contributed by atoms with Crippen LogP contribution in [0, 0.1) is 0 Å². The van der Waals surface area contributed by atoms with Crippen LogP contribution in [0.2, 0.25) is 0 Å². The normalized spacial score (nSPS) is 20.4. The van der Waals surface area contributed by atoms with Crippen molar-refractivity contribution in [1.82, 2.24) is 62.1 Å². The Hall–Kier alpha value is -6.45. The summed E-state index contributed by atoms with van der Waals surface area (Å²) in [6, 6.07) is -4.04. The highest BCUT2D eigenvalue weighted by Crippen LogP contribution is 2.33. The lowest BCUT2D eigenvalue weighted by atomic mass is 10.0. The number of carbonyl (C=O) groups excluding carboxylic acids is 7. The van der Waals surface area contributed by atoms with Crippen LogP contribution in [-0.2, 0) is 44.7 Å². The molecule has 27 nitrogen and oxygen atoms in total. The van der Waals surface area contributed by atoms with Crippen LogP contribution in [0.5, 0.6) is 17.5 Å². The van der Waals surface area contributed by atoms with E-state index in [0.717, 1.165) is 21.6 Å². The second-order valence-corrected chi connectivity index (χ2v) is 21.6. The number of aliphatic carboxylic acids is 1. The van der Waals surface area contributed by atoms with Crippen LogP contribution >= 0.6 is 57.8 Å². The van der Waals surface area contributed by atoms with Crippen molar-refractivity contribution in [2.45, 2.75) is 87.9 Å². The molecule has 15 N–H and O–H groups in total. The lowest BCUT2D eigenvalue weighted by Gasteiger charge is -2.30. The zero-order chi connectivity index (χ0) is 55.8. The highest BCUT2D eigenvalue weighted by atomic mass is 33.1. The van der Waals surface area contributed by atoms with Gasteiger partial charge in [-0.15, -0.1) is 0 Å². The third kappa shape index (κ3) is 16.8. The number of fused-ring (bicyclic) bond motifs is 4. The average molecular weight is 1160 g/mol. The number of nitrogens with one attached hydrogen (secondary N) is 9. The number of phenolic OH excluding ortho intramolecular Hbond substituents is 1. The number of thiocarbonyl (C=S) groups is 2. The van der Waals surface area contributed by atoms with Gasteiger partial charge in [-0.05, 0) is 62.8 Å². The maximum absolute atomic E-state index is 14.7. The second-order valence-electron chi connectivity index (χ2n) is 17.2. The van der Waals surface area contributed by atoms with Crippen LogP contribution in [0.3, 0.4) is 0 Å². The fourth-order valence-electron chi connectivity index (χ4n) is 7.46. The molecule has 6 amide bonds. The number of benzene rings is 1. The fraction of sp³-hybridized carbons (Fsp3) is 0.500. The number of aliphatic hydroxyl groups is 2. The maximum Gasteiger partial charge on any atom is 0.374 e. The van der Waals surface area contributed by atoms with Gasteiger partial charge in [-0.1, -0.05) is 58.2 Å². The number of aliphatic hydroxyl groups excluding tert-OH is 2. The molecule has 3 aromatic rings. The summed E-state index contributed by atoms with van der Waals surface area (Å²) in [7, 11) is 1.80. The summed E-state index contributed by atoms with van der Waals surface area (Å²) in [5.74, 6) is -9.64. The summed E-state index contributed by atoms with van der Waals surface area (Å²) < 4.78 is 5.05. The van der Waals surface area contributed by atoms with Gasteiger partial charge in [-0.2, -0.15) is 21.7 Å². The number of aromatic nitrogens is 4. The van der Waals surface area contributed by atoms with Crippen molar-refractivity contribution in [3.63, 3.8) is 0 Å². The molecule has 32 heteroatoms. The molecule has 2 aliphatic rings. The molecule has 0 aliphatic carbocycles. The van der Waals surface area contributed by atoms with E-state index >= 15 is 0 Å². The second kappa shape index (κ2) is 28.6. The lowest BCUT2D eigenvalue weighted by Crippen LogP contribution is -2.59. The summed E-state index contributed by atoms with van der Waals surface area (Å²) in [5, 5.41) is 79.5. The van der Waals surface area contributed by atoms with E-state index in [4.69, 9.17) is 29.2 Å². The molecule has 76 heavy (non-hydrogen) atoms. The average Bonchev–Trinajstić information content (AvgIpc) is 4.13. The zero-order valence-electron chi connectivity index (χ0n) is 40.9. The molecule has 0 unspecified atom stereocenters. The van der Waals surface area contributed by atoms with Gasteiger partial charge in [-0.3, -0.25) is 28.8 Å². The first-order valence-electron chi connectivity index (χ1n) is 23.3. The molecule has 0 saturated carbocycles. The first-order chi connectivity index (χ1) is 36.1. The van der Waals surface area contributed by atoms with Gasteiger partial charge in [-0.25, -0.2) is 9.59 Å². The van der Waals surface area contributed by atoms with Crippen LogP contribution in [0.4, 0.5) is 0 Å². The van der Waals surface area contributed by atoms with E-state index in [1.165, 1.54) is 40.9 Å². The van der Waals surface area contributed by atoms with Crippen LogP contribution in [-0.4, -0.2) is 205 Å². The molecule has 1 fully saturated rings. The largest absolute Gasteiger partial charge is 0.508 e. The number of esters is 1. The van der Waals surface area contributed by atoms with Crippen LogP contribution in [0.15, 0.2) is 24.3 Å². The Morgan fingerprint density at radius 2 is 1.63 bits per heavy atom. The number of carboxylic acids is 1. The fourth-order valence-corrected chi connectivity index (χ4v) is 10.8. The van der Waals surface area contributed by atoms with Gasteiger partial charge in [0.15, 0.2) is 0 Å². The third-order valence-electron chi connectivity index (χ3n) is 11.3. The minimum absolute atomic E-state index is 0.0225. The first-order valence-corrected chi connectivity index (χ1v) is 28.0. The molecule has 4 heterocycles. The SMILES string of the molecule is CSCC[C@H](NC(=O)[C@@H]1CSSC[C@H](NC(=O)[C@H](CO)NC(=O)CNC(=S)c2[nH]c(C(=O)OC(C)C)nc2O)C(=O)N[C@@H](Cc2ccc(O)cc2)C(=O)N2CCC[C@H]2c2nc(O)c([nH]2)C(=S)N[C@@H](CO)C(=O)N1)C(=O)O. The number of hydrogen-bond donors (Lipinski definition) is 15. The quantitative estimate of drug-likeness (QED) is 0.0371. The van der Waals surface area contributed by atoms with Crippen molar-refractivity contribution in [2.75, 3.05) is 49.8 Å². The number of aromatic hydroxyl groups is 3. The van der Waals surface area contributed by atoms with Gasteiger partial charge in [0.1, 0.15) is 69.2 Å². The third-order valence-corrected chi connectivity index (χ3v) is 15.0. The van der Waals surface area contributed by atoms with Gasteiger partial charge < -0.3 is 87.5 Å². The van der Waals surface area contributed by atoms with E-state index < -0.39 is 127 Å². The van der Waals surface area contributed by atoms with Crippen LogP contribution in [0.1, 0.15) is 72.5 Å². The summed E-state index contributed by atoms with van der Waals surface area (Å²) in [5.41, 5.74) is 0.0908. The number of rotatable bonds is 18. The lowest BCUT2D eigenvalue weighted by molar-refractivity contribution is -0.142. The molecular formula is C44H58N12O15S5. The number of carbonyl (C=O) groups is 8. The minimum Gasteiger partial charge on any atom is -0.508 e. The number of aromatic amines is 2. The highest BCUT2D eigenvalue weighted by molar-refractivity contribution is 8.76. The van der Waals surface area contributed by atoms with Gasteiger partial charge >= 0.3 is 11.9 Å². The number of thioether (sulfide) groups is 1. The number of phenols is 1. The molecular weight excluding hydrogens is 1100 g/mol. The Kier molecular flexibility index (Phi) is 22.7. The van der Waals surface area contributed by atoms with Crippen molar-refractivity contribution >= 4 is 115 Å². The smallest absolute Gasteiger partial charge is 0.374 e. The predicted molar refractivity (Wildman–Crippen MR) is 284 cm³/mol. The Morgan fingerprint density at radius 1 is 0.921 bits per heavy atom. The molecule has 2 bridgehead atoms. The topological polar surface area (TPSA) is 412 Å². The molecule has 414 valence electrons. The molecule has 7 atom stereocenters. The number of nitrogens with zero attached hydrogens (tertiary/aromatic N) is 3. The molecule has 2 aliphatic heterocycles. The number of imidazole rings is 2. The summed E-state index contributed by atoms with van der Waals surface area (Å²) in [4.78, 5) is 122. The maximum atomic E-state index is 14.7. The first kappa shape index (κ1) is 60.4. The summed E-state index contributed by atoms with van der Waals surface area (Å²) >= 11 is 12.1. The number of hydrogen-bond acceptors (Lipinski definition) is 21. The van der Waals surface area contributed by atoms with Crippen molar-refractivity contribution < 1.29 is 73.7 Å². The van der Waals surface area contributed by atoms with E-state index in [1.54, 1.807) is 20.1 Å². The van der Waals surface area contributed by atoms with Crippen LogP contribution < -0.4 is 37.2 Å². The number of carboxylic acid groups (broad SMARTS) is 1. The standard InChI is InChI=1S/C44H58N12O15S5/c1-19(2)71-44(70)33-53-30(38(65)55-33)40(72)45-14-29(60)46-24(15-57)34(61)49-27-18-76-75-17-26(36(63)47-22(43(68)69)10-12-74-3)50-35(62)25(16-58)51-41(73)31-39(66)54-32(52-31)28-5-4-11-56(28)42(67)23(48-37(27)64)13-20-6-8-21(59)9-7-20/h6-9,19,22-28,57-59,65-66H,4-5,10-18H2,1-3H3,(H,45,72)(H,46,60)(H,47,63)(H,48,64)(H,49,61)(H,50,62)(H,51,73)(H,52,54)(H,53,55)(H,68,69)/t22-,23-,24-,25-,26-,27-,28-/m0/s1. The number of amides is 6. The Morgan fingerprint density at radius 3 is 2.29 bits per heavy atom. The van der Waals surface area contributed by atoms with Crippen molar-refractivity contribution in [3.8, 4) is 17.5 Å². The van der Waals surface area contributed by atoms with Gasteiger partial charge in [0.25, 0.3) is 0 Å². The van der Waals surface area contributed by atoms with Gasteiger partial charge in [0, 0.05) is 24.5 Å². The molecule has 1 saturated heterocycles. The zero-order valence-corrected chi connectivity index (χ0v) is 45.0. The highest BCUT2D eigenvalue weighted by Gasteiger charge is 2.39. The van der Waals surface area contributed by atoms with Gasteiger partial charge in [0.2, 0.25) is 53.0 Å². The summed E-state index contributed by atoms with van der Waals surface area (Å²) in [6.45, 7) is 0.845. The van der Waals surface area contributed by atoms with Gasteiger partial charge in [0.05, 0.1) is 31.9 Å². The minimum atomic E-state index is -1.71. The number of ether oxygens (including phenoxy) is 1. The van der Waals surface area contributed by atoms with E-state index in [-0.39, 0.29) is 69.7 Å². The van der Waals surface area contributed by atoms with E-state index in [0.29, 0.717) is 24.2 Å². The van der Waals surface area contributed by atoms with E-state index in [1.807, 2.05) is 0 Å². The van der Waals surface area contributed by atoms with Crippen molar-refractivity contribution in [2.24, 2.45) is 0 Å². The predicted octanol–water partition coefficient (Wildman–Crippen LogP) is -2.04. The Labute approximate surface area is 456 Å². The summed E-state index contributed by atoms with van der Waals surface area (Å²) in [6.07, 6.45) is 1.89. The molecule has 0 radical (unpaired) electrons. The molecule has 0 spiro atoms. The van der Waals surface area contributed by atoms with E-state index in [2.05, 4.69) is 57.2 Å². The molecule has 2 aromatic heterocycles.